The fraction of sp³-hybridized carbons (Fsp3) is 0.396. The number of rotatable bonds is 28. The van der Waals surface area contributed by atoms with E-state index in [4.69, 9.17) is 74.4 Å². The Hall–Kier alpha value is -9.30. The van der Waals surface area contributed by atoms with E-state index in [-0.39, 0.29) is 14.4 Å². The summed E-state index contributed by atoms with van der Waals surface area (Å²) in [6.45, 7) is -0.804. The number of aliphatic hydroxyl groups excluding tert-OH is 20. The van der Waals surface area contributed by atoms with Crippen molar-refractivity contribution in [2.75, 3.05) is 47.3 Å². The lowest BCUT2D eigenvalue weighted by Crippen LogP contribution is -2.60. The van der Waals surface area contributed by atoms with Gasteiger partial charge >= 0.3 is 0 Å². The molecule has 25 unspecified atom stereocenters. The highest BCUT2D eigenvalue weighted by Gasteiger charge is 2.50. The van der Waals surface area contributed by atoms with Gasteiger partial charge in [0.1, 0.15) is 174 Å². The molecule has 25 atom stereocenters. The summed E-state index contributed by atoms with van der Waals surface area (Å²) >= 11 is 9.60. The molecule has 41 heteroatoms. The number of hydrogen-bond acceptors (Lipinski definition) is 39. The van der Waals surface area contributed by atoms with Crippen LogP contribution in [-0.2, 0) is 55.8 Å². The Labute approximate surface area is 823 Å². The number of terminal acetylenes is 2. The molecule has 0 radical (unpaired) electrons. The summed E-state index contributed by atoms with van der Waals surface area (Å²) in [4.78, 5) is 4.44. The first-order chi connectivity index (χ1) is 65.9. The van der Waals surface area contributed by atoms with E-state index >= 15 is 0 Å². The first kappa shape index (κ1) is 110. The number of aromatic hydroxyl groups is 1. The fourth-order valence-corrected chi connectivity index (χ4v) is 18.4. The summed E-state index contributed by atoms with van der Waals surface area (Å²) in [6.07, 6.45) is -17.9. The lowest BCUT2D eigenvalue weighted by molar-refractivity contribution is -0.277. The van der Waals surface area contributed by atoms with Crippen molar-refractivity contribution in [3.05, 3.63) is 234 Å². The fourth-order valence-electron chi connectivity index (χ4n) is 13.9. The Morgan fingerprint density at radius 3 is 0.876 bits per heavy atom. The van der Waals surface area contributed by atoms with Crippen molar-refractivity contribution in [1.82, 2.24) is 0 Å². The predicted molar refractivity (Wildman–Crippen MR) is 511 cm³/mol. The molecule has 15 rings (SSSR count). The average molecular weight is 2110 g/mol. The molecule has 0 bridgehead atoms. The van der Waals surface area contributed by atoms with E-state index in [2.05, 4.69) is 58.3 Å². The maximum absolute atomic E-state index is 13.0. The van der Waals surface area contributed by atoms with Gasteiger partial charge in [0.25, 0.3) is 0 Å². The van der Waals surface area contributed by atoms with E-state index in [1.54, 1.807) is 105 Å². The van der Waals surface area contributed by atoms with Crippen LogP contribution in [0.5, 0.6) is 51.7 Å². The minimum Gasteiger partial charge on any atom is -0.508 e. The summed E-state index contributed by atoms with van der Waals surface area (Å²) < 4.78 is 85.2. The number of benzene rings is 5. The van der Waals surface area contributed by atoms with Crippen LogP contribution in [0.3, 0.4) is 0 Å². The molecule has 10 heterocycles. The maximum atomic E-state index is 13.0. The topological polar surface area (TPSA) is 545 Å². The normalized spacial score (nSPS) is 27.4. The third-order valence-corrected chi connectivity index (χ3v) is 26.7. The Balaban J connectivity index is 0.000000208. The van der Waals surface area contributed by atoms with Crippen LogP contribution in [0.25, 0.3) is 0 Å². The van der Waals surface area contributed by atoms with E-state index in [9.17, 15) is 112 Å². The number of hydrogen-bond donors (Lipinski definition) is 21. The molecule has 5 aliphatic heterocycles. The van der Waals surface area contributed by atoms with Crippen molar-refractivity contribution in [1.29, 1.82) is 0 Å². The van der Waals surface area contributed by atoms with Crippen molar-refractivity contribution < 1.29 is 176 Å². The zero-order valence-electron chi connectivity index (χ0n) is 73.4. The van der Waals surface area contributed by atoms with Crippen LogP contribution in [-0.4, -0.2) is 308 Å². The van der Waals surface area contributed by atoms with E-state index in [1.165, 1.54) is 68.8 Å². The van der Waals surface area contributed by atoms with Gasteiger partial charge in [0.2, 0.25) is 31.5 Å². The van der Waals surface area contributed by atoms with Crippen LogP contribution >= 0.6 is 79.3 Å². The van der Waals surface area contributed by atoms with Crippen molar-refractivity contribution in [3.8, 4) is 100 Å². The molecule has 5 fully saturated rings. The SMILES string of the molecule is C#CC#CC#CC.C#COc1ccc(Cc2sccc2OC2OC(CO)C(O)C(O)C2O)cc1.COc1ccc(Cc2sccc2OC2OC(CO)C(O)C(O)C2O)cc1OC.OCC1OC(Oc2ccsc2Cc2ccc(F)cc2)C(O)C(O)C1O.OCC1OC(Oc2ccsc2Cc2ccc(I)cc2)C(O)C(O)C1O.OCC1OC(Oc2ccsc2Cc2ccc(O)cc2)C(O)C(O)C1O.[HH].[HH]. The van der Waals surface area contributed by atoms with Crippen LogP contribution < -0.4 is 37.9 Å². The molecular weight excluding hydrogens is 2000 g/mol. The third kappa shape index (κ3) is 30.4. The van der Waals surface area contributed by atoms with Gasteiger partial charge in [-0.05, 0) is 199 Å². The van der Waals surface area contributed by atoms with Gasteiger partial charge in [-0.2, -0.15) is 0 Å². The van der Waals surface area contributed by atoms with Crippen LogP contribution in [0.2, 0.25) is 0 Å². The molecule has 5 aromatic heterocycles. The predicted octanol–water partition coefficient (Wildman–Crippen LogP) is 4.16. The second-order valence-corrected chi connectivity index (χ2v) is 37.0. The van der Waals surface area contributed by atoms with Gasteiger partial charge in [-0.1, -0.05) is 66.9 Å². The van der Waals surface area contributed by atoms with Crippen molar-refractivity contribution in [2.24, 2.45) is 0 Å². The number of phenolic OH excluding ortho intramolecular Hbond substituents is 1. The molecule has 5 aliphatic rings. The Kier molecular flexibility index (Phi) is 43.6. The van der Waals surface area contributed by atoms with Gasteiger partial charge in [0.15, 0.2) is 11.5 Å². The third-order valence-electron chi connectivity index (χ3n) is 21.4. The first-order valence-electron chi connectivity index (χ1n) is 42.1. The molecule has 0 amide bonds. The van der Waals surface area contributed by atoms with E-state index in [0.717, 1.165) is 55.8 Å². The lowest BCUT2D eigenvalue weighted by atomic mass is 9.99. The number of ether oxygens (including phenoxy) is 13. The summed E-state index contributed by atoms with van der Waals surface area (Å²) in [5.41, 5.74) is 4.96. The largest absolute Gasteiger partial charge is 0.508 e. The van der Waals surface area contributed by atoms with Gasteiger partial charge in [-0.25, -0.2) is 4.39 Å². The average Bonchev–Trinajstić information content (AvgIpc) is 1.27. The lowest BCUT2D eigenvalue weighted by Gasteiger charge is -2.39. The molecular formula is C96H110FIO34S5. The molecule has 0 spiro atoms. The van der Waals surface area contributed by atoms with Gasteiger partial charge < -0.3 is 169 Å². The number of aliphatic hydroxyl groups is 20. The Bertz CT molecular complexity index is 5230. The molecule has 0 saturated carbocycles. The summed E-state index contributed by atoms with van der Waals surface area (Å²) in [5.74, 6) is 16.2. The van der Waals surface area contributed by atoms with Crippen molar-refractivity contribution >= 4 is 79.3 Å². The Morgan fingerprint density at radius 1 is 0.336 bits per heavy atom. The van der Waals surface area contributed by atoms with Crippen molar-refractivity contribution in [2.45, 2.75) is 193 Å². The van der Waals surface area contributed by atoms with Crippen LogP contribution in [0, 0.1) is 57.9 Å². The maximum Gasteiger partial charge on any atom is 0.229 e. The number of thiophene rings is 5. The number of methoxy groups -OCH3 is 2. The van der Waals surface area contributed by atoms with Crippen molar-refractivity contribution in [3.63, 3.8) is 0 Å². The number of halogens is 2. The van der Waals surface area contributed by atoms with E-state index in [0.29, 0.717) is 78.1 Å². The zero-order chi connectivity index (χ0) is 99.1. The molecule has 137 heavy (non-hydrogen) atoms. The highest BCUT2D eigenvalue weighted by Crippen LogP contribution is 2.40. The minimum absolute atomic E-state index is 0. The van der Waals surface area contributed by atoms with E-state index < -0.39 is 187 Å². The summed E-state index contributed by atoms with van der Waals surface area (Å²) in [6, 6.07) is 42.6. The van der Waals surface area contributed by atoms with Gasteiger partial charge in [0, 0.05) is 38.5 Å². The van der Waals surface area contributed by atoms with Gasteiger partial charge in [-0.15, -0.1) is 63.1 Å². The molecule has 5 saturated heterocycles. The quantitative estimate of drug-likeness (QED) is 0.0242. The van der Waals surface area contributed by atoms with Gasteiger partial charge in [0.05, 0.1) is 71.6 Å². The molecule has 0 aliphatic carbocycles. The monoisotopic (exact) mass is 2110 g/mol. The number of phenols is 1. The zero-order valence-corrected chi connectivity index (χ0v) is 79.6. The summed E-state index contributed by atoms with van der Waals surface area (Å²) in [5, 5.41) is 214. The second kappa shape index (κ2) is 54.5. The van der Waals surface area contributed by atoms with E-state index in [1.807, 2.05) is 76.1 Å². The van der Waals surface area contributed by atoms with Crippen LogP contribution in [0.1, 0.15) is 62.0 Å². The molecule has 34 nitrogen and oxygen atoms in total. The highest BCUT2D eigenvalue weighted by molar-refractivity contribution is 14.1. The standard InChI is InChI=1S/C19H24O8S.C19H20O7S.C17H19FO6S.C17H19IO6S.C17H20O7S.C7H4.2H2/c1-24-11-4-3-10(7-13(11)25-2)8-15-12(5-6-28-15)26-19-18(23)17(22)16(21)14(9-20)27-19;1-2-24-12-5-3-11(4-6-12)9-15-13(7-8-27-15)25-19-18(23)17(22)16(21)14(10-20)26-19;2*18-10-3-1-9(2-4-10)7-13-11(5-6-25-13)23-17-16(22)15(21)14(20)12(8-19)24-17;18-8-12-14(20)15(21)16(22)17(24-12)23-11-5-6-25-13(11)7-9-1-3-10(19)4-2-9;1-3-5-7-6-4-2;;/h3-7,14,16-23H,8-9H2,1-2H3;1,3-8,14,16-23H,9-10H2;2*1-6,12,14-17,19-22H,7-8H2;1-6,12,14-22H,7-8H2;1H,2H3;2*1H. The molecule has 21 N–H and O–H groups in total. The molecule has 5 aromatic carbocycles. The molecule has 10 aromatic rings. The Morgan fingerprint density at radius 2 is 0.606 bits per heavy atom. The minimum atomic E-state index is -1.49. The van der Waals surface area contributed by atoms with Crippen LogP contribution in [0.15, 0.2) is 172 Å². The summed E-state index contributed by atoms with van der Waals surface area (Å²) in [7, 11) is 3.14. The second-order valence-electron chi connectivity index (χ2n) is 30.7. The first-order valence-corrected chi connectivity index (χ1v) is 47.6. The molecule has 742 valence electrons. The smallest absolute Gasteiger partial charge is 0.229 e. The van der Waals surface area contributed by atoms with Gasteiger partial charge in [-0.3, -0.25) is 0 Å². The highest BCUT2D eigenvalue weighted by atomic mass is 127. The van der Waals surface area contributed by atoms with Crippen LogP contribution in [0.4, 0.5) is 4.39 Å².